The molecule has 2 amide bonds. The maximum absolute atomic E-state index is 12.1. The van der Waals surface area contributed by atoms with E-state index in [1.54, 1.807) is 39.2 Å². The zero-order chi connectivity index (χ0) is 20.5. The first-order chi connectivity index (χ1) is 13.4. The third kappa shape index (κ3) is 6.86. The summed E-state index contributed by atoms with van der Waals surface area (Å²) in [5, 5.41) is 0. The Morgan fingerprint density at radius 1 is 0.964 bits per heavy atom. The SMILES string of the molecule is COc1cccc(COC(C)C(=O)NNC(=O)C(C)Oc2cccc(Br)c2)c1. The summed E-state index contributed by atoms with van der Waals surface area (Å²) >= 11 is 3.34. The quantitative estimate of drug-likeness (QED) is 0.603. The number of halogens is 1. The van der Waals surface area contributed by atoms with Crippen molar-refractivity contribution in [2.75, 3.05) is 7.11 Å². The smallest absolute Gasteiger partial charge is 0.279 e. The number of carbonyl (C=O) groups excluding carboxylic acids is 2. The van der Waals surface area contributed by atoms with Gasteiger partial charge in [-0.15, -0.1) is 0 Å². The van der Waals surface area contributed by atoms with Crippen LogP contribution in [-0.2, 0) is 20.9 Å². The number of nitrogens with one attached hydrogen (secondary N) is 2. The fourth-order valence-electron chi connectivity index (χ4n) is 2.18. The van der Waals surface area contributed by atoms with Crippen LogP contribution in [-0.4, -0.2) is 31.1 Å². The molecule has 0 radical (unpaired) electrons. The highest BCUT2D eigenvalue weighted by molar-refractivity contribution is 9.10. The number of hydrogen-bond acceptors (Lipinski definition) is 5. The van der Waals surface area contributed by atoms with E-state index in [1.807, 2.05) is 30.3 Å². The summed E-state index contributed by atoms with van der Waals surface area (Å²) in [5.74, 6) is 0.308. The summed E-state index contributed by atoms with van der Waals surface area (Å²) in [4.78, 5) is 24.2. The molecular formula is C20H23BrN2O5. The Morgan fingerprint density at radius 2 is 1.61 bits per heavy atom. The van der Waals surface area contributed by atoms with E-state index >= 15 is 0 Å². The third-order valence-corrected chi connectivity index (χ3v) is 4.28. The van der Waals surface area contributed by atoms with Crippen LogP contribution in [0.2, 0.25) is 0 Å². The highest BCUT2D eigenvalue weighted by Gasteiger charge is 2.18. The lowest BCUT2D eigenvalue weighted by molar-refractivity contribution is -0.138. The summed E-state index contributed by atoms with van der Waals surface area (Å²) < 4.78 is 17.1. The average molecular weight is 451 g/mol. The first-order valence-electron chi connectivity index (χ1n) is 8.65. The van der Waals surface area contributed by atoms with Crippen LogP contribution in [0.4, 0.5) is 0 Å². The van der Waals surface area contributed by atoms with Gasteiger partial charge in [-0.05, 0) is 49.7 Å². The topological polar surface area (TPSA) is 85.9 Å². The first-order valence-corrected chi connectivity index (χ1v) is 9.45. The molecule has 0 bridgehead atoms. The molecule has 8 heteroatoms. The molecule has 0 aliphatic heterocycles. The van der Waals surface area contributed by atoms with Crippen molar-refractivity contribution in [1.29, 1.82) is 0 Å². The van der Waals surface area contributed by atoms with Crippen LogP contribution >= 0.6 is 15.9 Å². The van der Waals surface area contributed by atoms with Crippen molar-refractivity contribution >= 4 is 27.7 Å². The highest BCUT2D eigenvalue weighted by atomic mass is 79.9. The van der Waals surface area contributed by atoms with Gasteiger partial charge in [0.1, 0.15) is 17.6 Å². The van der Waals surface area contributed by atoms with Gasteiger partial charge >= 0.3 is 0 Å². The van der Waals surface area contributed by atoms with E-state index in [-0.39, 0.29) is 6.61 Å². The van der Waals surface area contributed by atoms with E-state index in [0.717, 1.165) is 10.0 Å². The van der Waals surface area contributed by atoms with E-state index in [2.05, 4.69) is 26.8 Å². The Hall–Kier alpha value is -2.58. The third-order valence-electron chi connectivity index (χ3n) is 3.79. The minimum absolute atomic E-state index is 0.238. The minimum atomic E-state index is -0.789. The molecule has 0 spiro atoms. The molecule has 0 saturated carbocycles. The maximum Gasteiger partial charge on any atom is 0.279 e. The first kappa shape index (κ1) is 21.7. The van der Waals surface area contributed by atoms with E-state index in [1.165, 1.54) is 0 Å². The minimum Gasteiger partial charge on any atom is -0.497 e. The zero-order valence-electron chi connectivity index (χ0n) is 15.9. The van der Waals surface area contributed by atoms with Gasteiger partial charge in [0.05, 0.1) is 13.7 Å². The second-order valence-electron chi connectivity index (χ2n) is 6.00. The zero-order valence-corrected chi connectivity index (χ0v) is 17.5. The molecule has 2 aromatic rings. The van der Waals surface area contributed by atoms with Crippen molar-refractivity contribution in [3.8, 4) is 11.5 Å². The predicted octanol–water partition coefficient (Wildman–Crippen LogP) is 2.98. The van der Waals surface area contributed by atoms with Crippen molar-refractivity contribution in [1.82, 2.24) is 10.9 Å². The van der Waals surface area contributed by atoms with Crippen LogP contribution in [0.3, 0.4) is 0 Å². The summed E-state index contributed by atoms with van der Waals surface area (Å²) in [7, 11) is 1.58. The van der Waals surface area contributed by atoms with E-state index in [0.29, 0.717) is 11.5 Å². The van der Waals surface area contributed by atoms with Gasteiger partial charge in [0.15, 0.2) is 6.10 Å². The summed E-state index contributed by atoms with van der Waals surface area (Å²) in [6.07, 6.45) is -1.55. The number of hydrogen-bond donors (Lipinski definition) is 2. The molecule has 0 fully saturated rings. The van der Waals surface area contributed by atoms with Crippen molar-refractivity contribution in [2.24, 2.45) is 0 Å². The van der Waals surface area contributed by atoms with Gasteiger partial charge in [-0.2, -0.15) is 0 Å². The Morgan fingerprint density at radius 3 is 2.29 bits per heavy atom. The van der Waals surface area contributed by atoms with Crippen LogP contribution in [0.5, 0.6) is 11.5 Å². The van der Waals surface area contributed by atoms with Gasteiger partial charge in [0.25, 0.3) is 11.8 Å². The number of ether oxygens (including phenoxy) is 3. The fourth-order valence-corrected chi connectivity index (χ4v) is 2.56. The Kier molecular flexibility index (Phi) is 8.28. The number of rotatable bonds is 8. The molecule has 28 heavy (non-hydrogen) atoms. The molecule has 0 aliphatic rings. The summed E-state index contributed by atoms with van der Waals surface area (Å²) in [6, 6.07) is 14.5. The van der Waals surface area contributed by atoms with Crippen LogP contribution < -0.4 is 20.3 Å². The second kappa shape index (κ2) is 10.7. The van der Waals surface area contributed by atoms with E-state index < -0.39 is 24.0 Å². The fraction of sp³-hybridized carbons (Fsp3) is 0.300. The van der Waals surface area contributed by atoms with E-state index in [9.17, 15) is 9.59 Å². The summed E-state index contributed by atoms with van der Waals surface area (Å²) in [6.45, 7) is 3.43. The number of benzene rings is 2. The highest BCUT2D eigenvalue weighted by Crippen LogP contribution is 2.19. The molecule has 2 unspecified atom stereocenters. The Balaban J connectivity index is 1.75. The van der Waals surface area contributed by atoms with Gasteiger partial charge in [0.2, 0.25) is 0 Å². The van der Waals surface area contributed by atoms with Gasteiger partial charge in [-0.1, -0.05) is 34.1 Å². The molecule has 150 valence electrons. The largest absolute Gasteiger partial charge is 0.497 e. The molecule has 2 N–H and O–H groups in total. The lowest BCUT2D eigenvalue weighted by Crippen LogP contribution is -2.50. The van der Waals surface area contributed by atoms with Crippen molar-refractivity contribution in [3.05, 3.63) is 58.6 Å². The molecule has 0 aliphatic carbocycles. The van der Waals surface area contributed by atoms with Gasteiger partial charge in [-0.25, -0.2) is 0 Å². The molecule has 2 atom stereocenters. The lowest BCUT2D eigenvalue weighted by Gasteiger charge is -2.17. The Labute approximate surface area is 172 Å². The van der Waals surface area contributed by atoms with E-state index in [4.69, 9.17) is 14.2 Å². The normalized spacial score (nSPS) is 12.6. The number of carbonyl (C=O) groups is 2. The van der Waals surface area contributed by atoms with Gasteiger partial charge in [0, 0.05) is 4.47 Å². The second-order valence-corrected chi connectivity index (χ2v) is 6.92. The maximum atomic E-state index is 12.1. The summed E-state index contributed by atoms with van der Waals surface area (Å²) in [5.41, 5.74) is 5.56. The molecular weight excluding hydrogens is 428 g/mol. The molecule has 2 aromatic carbocycles. The van der Waals surface area contributed by atoms with Gasteiger partial charge in [-0.3, -0.25) is 20.4 Å². The molecule has 0 saturated heterocycles. The average Bonchev–Trinajstić information content (AvgIpc) is 2.70. The van der Waals surface area contributed by atoms with Crippen molar-refractivity contribution in [2.45, 2.75) is 32.7 Å². The van der Waals surface area contributed by atoms with Crippen LogP contribution in [0.15, 0.2) is 53.0 Å². The number of methoxy groups -OCH3 is 1. The number of amides is 2. The van der Waals surface area contributed by atoms with Gasteiger partial charge < -0.3 is 14.2 Å². The molecule has 0 aromatic heterocycles. The van der Waals surface area contributed by atoms with Crippen LogP contribution in [0.25, 0.3) is 0 Å². The molecule has 7 nitrogen and oxygen atoms in total. The van der Waals surface area contributed by atoms with Crippen LogP contribution in [0, 0.1) is 0 Å². The Bertz CT molecular complexity index is 815. The number of hydrazine groups is 1. The van der Waals surface area contributed by atoms with Crippen molar-refractivity contribution < 1.29 is 23.8 Å². The molecule has 2 rings (SSSR count). The van der Waals surface area contributed by atoms with Crippen LogP contribution in [0.1, 0.15) is 19.4 Å². The standard InChI is InChI=1S/C20H23BrN2O5/c1-13(27-12-15-6-4-8-17(10-15)26-3)19(24)22-23-20(25)14(2)28-18-9-5-7-16(21)11-18/h4-11,13-14H,12H2,1-3H3,(H,22,24)(H,23,25). The monoisotopic (exact) mass is 450 g/mol. The predicted molar refractivity (Wildman–Crippen MR) is 108 cm³/mol. The molecule has 0 heterocycles. The lowest BCUT2D eigenvalue weighted by atomic mass is 10.2. The van der Waals surface area contributed by atoms with Crippen molar-refractivity contribution in [3.63, 3.8) is 0 Å².